The number of carbonyl (C=O) groups is 2. The molecule has 0 heterocycles. The Morgan fingerprint density at radius 3 is 2.02 bits per heavy atom. The van der Waals surface area contributed by atoms with Crippen LogP contribution in [0.5, 0.6) is 0 Å². The van der Waals surface area contributed by atoms with Crippen LogP contribution in [-0.2, 0) is 18.8 Å². The average Bonchev–Trinajstić information content (AvgIpc) is 2.99. The topological polar surface area (TPSA) is 89.0 Å². The van der Waals surface area contributed by atoms with Gasteiger partial charge < -0.3 is 14.7 Å². The molecular formula is C36H50N2O4Si. The van der Waals surface area contributed by atoms with Gasteiger partial charge in [0.25, 0.3) is 8.32 Å². The number of ether oxygens (including phenoxy) is 1. The maximum Gasteiger partial charge on any atom is 0.334 e. The van der Waals surface area contributed by atoms with Crippen molar-refractivity contribution < 1.29 is 23.5 Å². The van der Waals surface area contributed by atoms with Gasteiger partial charge >= 0.3 is 11.7 Å². The van der Waals surface area contributed by atoms with E-state index in [0.29, 0.717) is 19.4 Å². The molecule has 0 radical (unpaired) electrons. The van der Waals surface area contributed by atoms with Crippen LogP contribution in [0.4, 0.5) is 0 Å². The zero-order valence-corrected chi connectivity index (χ0v) is 27.8. The Kier molecular flexibility index (Phi) is 15.8. The van der Waals surface area contributed by atoms with E-state index in [4.69, 9.17) is 9.16 Å². The summed E-state index contributed by atoms with van der Waals surface area (Å²) in [5, 5.41) is 2.00. The number of allylic oxidation sites excluding steroid dienone is 3. The molecule has 0 saturated heterocycles. The standard InChI is InChI=1S/C36H50N2O4Si/c1-6-8-9-10-11-12-15-22-30(29-34(39)33(38-37)27-20-21-28-35(40)41-7-2)42-43(36(3,4)5,31-23-16-13-17-24-31)32-25-18-14-19-26-32/h11-19,22-26,30H,6-10,20-21,27-29H2,1-5H3/b12-11+,22-15+. The molecule has 0 aliphatic carbocycles. The van der Waals surface area contributed by atoms with Crippen molar-refractivity contribution in [1.82, 2.24) is 0 Å². The van der Waals surface area contributed by atoms with Gasteiger partial charge in [0, 0.05) is 12.8 Å². The van der Waals surface area contributed by atoms with E-state index in [1.54, 1.807) is 6.92 Å². The highest BCUT2D eigenvalue weighted by Gasteiger charge is 2.51. The Balaban J connectivity index is 2.41. The number of hydrogen-bond donors (Lipinski definition) is 0. The van der Waals surface area contributed by atoms with Crippen molar-refractivity contribution in [3.05, 3.63) is 90.5 Å². The molecule has 0 saturated carbocycles. The Labute approximate surface area is 260 Å². The van der Waals surface area contributed by atoms with Gasteiger partial charge in [0.1, 0.15) is 0 Å². The normalized spacial score (nSPS) is 12.8. The Bertz CT molecular complexity index is 1190. The average molecular weight is 603 g/mol. The largest absolute Gasteiger partial charge is 0.466 e. The highest BCUT2D eigenvalue weighted by Crippen LogP contribution is 2.38. The SMILES string of the molecule is CCCCC/C=C/C=C/C(CC(=O)C(CCCCC(=O)OCC)=[N+]=[N-])O[Si](c1ccccc1)(c1ccccc1)C(C)(C)C. The molecule has 1 atom stereocenters. The predicted octanol–water partition coefficient (Wildman–Crippen LogP) is 7.38. The molecule has 0 spiro atoms. The molecule has 1 unspecified atom stereocenters. The summed E-state index contributed by atoms with van der Waals surface area (Å²) in [4.78, 5) is 28.6. The van der Waals surface area contributed by atoms with Gasteiger partial charge in [0.05, 0.1) is 19.1 Å². The van der Waals surface area contributed by atoms with Crippen molar-refractivity contribution >= 4 is 36.2 Å². The van der Waals surface area contributed by atoms with Crippen LogP contribution < -0.4 is 10.4 Å². The summed E-state index contributed by atoms with van der Waals surface area (Å²) >= 11 is 0. The van der Waals surface area contributed by atoms with Gasteiger partial charge in [0.15, 0.2) is 0 Å². The molecule has 6 nitrogen and oxygen atoms in total. The number of nitrogens with zero attached hydrogens (tertiary/aromatic N) is 2. The lowest BCUT2D eigenvalue weighted by Gasteiger charge is -2.44. The first-order chi connectivity index (χ1) is 20.7. The number of esters is 1. The van der Waals surface area contributed by atoms with Gasteiger partial charge in [-0.1, -0.05) is 126 Å². The van der Waals surface area contributed by atoms with Crippen LogP contribution in [0.15, 0.2) is 85.0 Å². The van der Waals surface area contributed by atoms with E-state index >= 15 is 0 Å². The monoisotopic (exact) mass is 602 g/mol. The van der Waals surface area contributed by atoms with Crippen LogP contribution in [0.25, 0.3) is 5.53 Å². The number of hydrogen-bond acceptors (Lipinski definition) is 4. The lowest BCUT2D eigenvalue weighted by atomic mass is 10.0. The molecule has 2 aromatic rings. The van der Waals surface area contributed by atoms with Crippen LogP contribution in [0.1, 0.15) is 92.4 Å². The molecule has 0 N–H and O–H groups in total. The van der Waals surface area contributed by atoms with E-state index < -0.39 is 14.4 Å². The molecule has 0 fully saturated rings. The first-order valence-corrected chi connectivity index (χ1v) is 17.6. The van der Waals surface area contributed by atoms with Gasteiger partial charge in [0.2, 0.25) is 5.78 Å². The number of carbonyl (C=O) groups excluding carboxylic acids is 2. The Morgan fingerprint density at radius 1 is 0.884 bits per heavy atom. The third kappa shape index (κ3) is 11.3. The fourth-order valence-corrected chi connectivity index (χ4v) is 9.91. The van der Waals surface area contributed by atoms with Crippen molar-refractivity contribution in [2.24, 2.45) is 0 Å². The molecule has 2 rings (SSSR count). The van der Waals surface area contributed by atoms with Crippen LogP contribution in [0.2, 0.25) is 5.04 Å². The van der Waals surface area contributed by atoms with E-state index in [2.05, 4.69) is 62.8 Å². The van der Waals surface area contributed by atoms with Crippen molar-refractivity contribution in [3.63, 3.8) is 0 Å². The fourth-order valence-electron chi connectivity index (χ4n) is 5.28. The molecule has 2 aromatic carbocycles. The number of Topliss-reactive ketones (excluding diaryl/α,β-unsaturated/α-hetero) is 1. The summed E-state index contributed by atoms with van der Waals surface area (Å²) in [6, 6.07) is 20.7. The molecule has 0 bridgehead atoms. The third-order valence-electron chi connectivity index (χ3n) is 7.47. The molecular weight excluding hydrogens is 552 g/mol. The third-order valence-corrected chi connectivity index (χ3v) is 12.5. The smallest absolute Gasteiger partial charge is 0.334 e. The maximum atomic E-state index is 13.5. The summed E-state index contributed by atoms with van der Waals surface area (Å²) in [6.45, 7) is 10.9. The summed E-state index contributed by atoms with van der Waals surface area (Å²) < 4.78 is 12.3. The summed E-state index contributed by atoms with van der Waals surface area (Å²) in [5.74, 6) is -0.527. The quantitative estimate of drug-likeness (QED) is 0.0319. The Morgan fingerprint density at radius 2 is 1.49 bits per heavy atom. The second-order valence-corrected chi connectivity index (χ2v) is 16.1. The van der Waals surface area contributed by atoms with E-state index in [9.17, 15) is 15.1 Å². The first-order valence-electron chi connectivity index (χ1n) is 15.7. The van der Waals surface area contributed by atoms with Gasteiger partial charge in [-0.25, -0.2) is 0 Å². The number of benzene rings is 2. The van der Waals surface area contributed by atoms with Crippen molar-refractivity contribution in [3.8, 4) is 0 Å². The first kappa shape index (κ1) is 35.8. The zero-order valence-electron chi connectivity index (χ0n) is 26.8. The van der Waals surface area contributed by atoms with Gasteiger partial charge in [-0.05, 0) is 48.0 Å². The number of ketones is 1. The van der Waals surface area contributed by atoms with Crippen LogP contribution in [-0.4, -0.2) is 43.3 Å². The minimum absolute atomic E-state index is 0.0436. The van der Waals surface area contributed by atoms with E-state index in [-0.39, 0.29) is 41.8 Å². The minimum atomic E-state index is -2.94. The number of unbranched alkanes of at least 4 members (excludes halogenated alkanes) is 4. The predicted molar refractivity (Wildman–Crippen MR) is 178 cm³/mol. The summed E-state index contributed by atoms with van der Waals surface area (Å²) in [6.07, 6.45) is 13.8. The van der Waals surface area contributed by atoms with Gasteiger partial charge in [-0.3, -0.25) is 9.59 Å². The molecule has 0 aliphatic rings. The van der Waals surface area contributed by atoms with Gasteiger partial charge in [-0.15, -0.1) is 0 Å². The maximum absolute atomic E-state index is 13.5. The molecule has 0 amide bonds. The molecule has 232 valence electrons. The van der Waals surface area contributed by atoms with Crippen molar-refractivity contribution in [2.45, 2.75) is 104 Å². The molecule has 43 heavy (non-hydrogen) atoms. The van der Waals surface area contributed by atoms with E-state index in [1.807, 2.05) is 54.6 Å². The van der Waals surface area contributed by atoms with E-state index in [1.165, 1.54) is 12.8 Å². The lowest BCUT2D eigenvalue weighted by molar-refractivity contribution is -0.143. The van der Waals surface area contributed by atoms with E-state index in [0.717, 1.165) is 23.2 Å². The molecule has 0 aromatic heterocycles. The molecule has 7 heteroatoms. The summed E-state index contributed by atoms with van der Waals surface area (Å²) in [7, 11) is -2.94. The van der Waals surface area contributed by atoms with Crippen LogP contribution in [0, 0.1) is 0 Å². The van der Waals surface area contributed by atoms with Crippen molar-refractivity contribution in [2.75, 3.05) is 6.61 Å². The van der Waals surface area contributed by atoms with Crippen molar-refractivity contribution in [1.29, 1.82) is 0 Å². The van der Waals surface area contributed by atoms with Crippen LogP contribution in [0.3, 0.4) is 0 Å². The Hall–Kier alpha value is -3.38. The highest BCUT2D eigenvalue weighted by molar-refractivity contribution is 6.99. The summed E-state index contributed by atoms with van der Waals surface area (Å²) in [5.41, 5.74) is 9.85. The minimum Gasteiger partial charge on any atom is -0.466 e. The van der Waals surface area contributed by atoms with Crippen LogP contribution >= 0.6 is 0 Å². The fraction of sp³-hybridized carbons (Fsp3) is 0.472. The second kappa shape index (κ2) is 19.0. The van der Waals surface area contributed by atoms with Gasteiger partial charge in [-0.2, -0.15) is 4.79 Å². The highest BCUT2D eigenvalue weighted by atomic mass is 28.4. The zero-order chi connectivity index (χ0) is 31.6. The second-order valence-electron chi connectivity index (χ2n) is 11.8. The number of rotatable bonds is 19. The molecule has 0 aliphatic heterocycles. The lowest BCUT2D eigenvalue weighted by Crippen LogP contribution is -2.67.